The summed E-state index contributed by atoms with van der Waals surface area (Å²) in [6, 6.07) is 7.46. The fourth-order valence-electron chi connectivity index (χ4n) is 11.4. The van der Waals surface area contributed by atoms with Crippen LogP contribution in [0.25, 0.3) is 33.4 Å². The first-order valence-corrected chi connectivity index (χ1v) is 27.3. The van der Waals surface area contributed by atoms with Crippen molar-refractivity contribution in [3.05, 3.63) is 52.1 Å². The summed E-state index contributed by atoms with van der Waals surface area (Å²) in [7, 11) is 1.71. The number of nitrogens with one attached hydrogen (secondary N) is 2. The number of carbonyl (C=O) groups is 4. The second-order valence-electron chi connectivity index (χ2n) is 21.7. The van der Waals surface area contributed by atoms with Crippen molar-refractivity contribution >= 4 is 51.6 Å². The number of methoxy groups -OCH3 is 1. The summed E-state index contributed by atoms with van der Waals surface area (Å²) in [6.45, 7) is 19.3. The molecule has 10 rings (SSSR count). The lowest BCUT2D eigenvalue weighted by atomic mass is 9.84. The predicted octanol–water partition coefficient (Wildman–Crippen LogP) is 6.15. The first-order chi connectivity index (χ1) is 34.7. The summed E-state index contributed by atoms with van der Waals surface area (Å²) < 4.78 is 26.7. The average Bonchev–Trinajstić information content (AvgIpc) is 4.26. The fraction of sp³-hybridized carbons (Fsp3) is 0.630. The number of nitrogens with zero attached hydrogens (tertiary/aromatic N) is 7. The second-order valence-corrected chi connectivity index (χ2v) is 22.5. The molecule has 18 heteroatoms. The molecule has 388 valence electrons. The molecule has 3 aromatic heterocycles. The number of piperazine rings is 1. The molecule has 17 nitrogen and oxygen atoms in total. The number of pyridine rings is 1. The van der Waals surface area contributed by atoms with E-state index in [4.69, 9.17) is 28.9 Å². The Kier molecular flexibility index (Phi) is 14.8. The van der Waals surface area contributed by atoms with Gasteiger partial charge in [-0.15, -0.1) is 11.3 Å². The van der Waals surface area contributed by atoms with Crippen molar-refractivity contribution in [1.29, 1.82) is 0 Å². The zero-order chi connectivity index (χ0) is 50.4. The third kappa shape index (κ3) is 10.4. The van der Waals surface area contributed by atoms with Gasteiger partial charge in [0.25, 0.3) is 5.91 Å². The monoisotopic (exact) mass is 1010 g/mol. The minimum atomic E-state index is -1.11. The number of esters is 1. The number of hydrogen-bond acceptors (Lipinski definition) is 14. The minimum absolute atomic E-state index is 0.0719. The third-order valence-corrected chi connectivity index (χ3v) is 17.0. The van der Waals surface area contributed by atoms with Crippen molar-refractivity contribution in [1.82, 2.24) is 40.1 Å². The number of morpholine rings is 1. The molecule has 6 bridgehead atoms. The van der Waals surface area contributed by atoms with Gasteiger partial charge < -0.3 is 38.6 Å². The summed E-state index contributed by atoms with van der Waals surface area (Å²) >= 11 is 1.39. The minimum Gasteiger partial charge on any atom is -0.464 e. The summed E-state index contributed by atoms with van der Waals surface area (Å²) in [4.78, 5) is 74.3. The van der Waals surface area contributed by atoms with Crippen molar-refractivity contribution in [2.75, 3.05) is 84.3 Å². The van der Waals surface area contributed by atoms with Crippen molar-refractivity contribution in [2.45, 2.75) is 117 Å². The van der Waals surface area contributed by atoms with Crippen LogP contribution in [-0.2, 0) is 51.1 Å². The lowest BCUT2D eigenvalue weighted by molar-refractivity contribution is -0.156. The van der Waals surface area contributed by atoms with Crippen LogP contribution in [0.4, 0.5) is 5.69 Å². The van der Waals surface area contributed by atoms with Gasteiger partial charge in [0.2, 0.25) is 11.8 Å². The molecule has 0 radical (unpaired) electrons. The van der Waals surface area contributed by atoms with E-state index in [1.807, 2.05) is 44.2 Å². The van der Waals surface area contributed by atoms with Gasteiger partial charge in [0.1, 0.15) is 23.2 Å². The number of rotatable bonds is 12. The molecular weight excluding hydrogens is 935 g/mol. The molecule has 4 aliphatic heterocycles. The average molecular weight is 1010 g/mol. The molecule has 1 unspecified atom stereocenters. The SMILES string of the molecule is CCO[C@@H]1c2nc(cs2)-c2ccc3c(c2)c(c(-c2cc(N4CCN(C5CC5)CC4)cnc2[C@H](C)OC)n3CCC(=O)N2CCOCC2)CC(C)(C)COC(=O)[C@@H]2CCCN(N2)C(=O)[C@H]1NC(=O)C1[C@@H](C)[C@H]1C. The summed E-state index contributed by atoms with van der Waals surface area (Å²) in [5.74, 6) is -0.806. The fourth-order valence-corrected chi connectivity index (χ4v) is 12.3. The number of aryl methyl sites for hydroxylation is 1. The van der Waals surface area contributed by atoms with Gasteiger partial charge >= 0.3 is 5.97 Å². The number of ether oxygens (including phenoxy) is 4. The normalized spacial score (nSPS) is 26.6. The predicted molar refractivity (Wildman–Crippen MR) is 275 cm³/mol. The van der Waals surface area contributed by atoms with Gasteiger partial charge in [-0.1, -0.05) is 33.8 Å². The maximum absolute atomic E-state index is 14.8. The van der Waals surface area contributed by atoms with Crippen LogP contribution < -0.4 is 15.6 Å². The molecule has 3 amide bonds. The lowest BCUT2D eigenvalue weighted by Crippen LogP contribution is -2.61. The number of fused-ring (bicyclic) bond motifs is 6. The van der Waals surface area contributed by atoms with Crippen LogP contribution in [0.1, 0.15) is 102 Å². The molecule has 3 saturated heterocycles. The maximum Gasteiger partial charge on any atom is 0.324 e. The van der Waals surface area contributed by atoms with Gasteiger partial charge in [0.15, 0.2) is 0 Å². The van der Waals surface area contributed by atoms with E-state index >= 15 is 0 Å². The van der Waals surface area contributed by atoms with Crippen LogP contribution in [-0.4, -0.2) is 151 Å². The quantitative estimate of drug-likeness (QED) is 0.155. The van der Waals surface area contributed by atoms with Crippen molar-refractivity contribution < 1.29 is 38.1 Å². The summed E-state index contributed by atoms with van der Waals surface area (Å²) in [5, 5.41) is 8.09. The van der Waals surface area contributed by atoms with Crippen LogP contribution >= 0.6 is 11.3 Å². The number of hydrogen-bond donors (Lipinski definition) is 2. The smallest absolute Gasteiger partial charge is 0.324 e. The Morgan fingerprint density at radius 3 is 2.49 bits per heavy atom. The van der Waals surface area contributed by atoms with E-state index in [2.05, 4.69) is 63.2 Å². The van der Waals surface area contributed by atoms with Gasteiger partial charge in [0, 0.05) is 117 Å². The summed E-state index contributed by atoms with van der Waals surface area (Å²) in [5.41, 5.74) is 9.88. The molecule has 2 N–H and O–H groups in total. The Morgan fingerprint density at radius 1 is 1.01 bits per heavy atom. The molecule has 2 saturated carbocycles. The maximum atomic E-state index is 14.8. The van der Waals surface area contributed by atoms with Gasteiger partial charge in [-0.05, 0) is 81.5 Å². The summed E-state index contributed by atoms with van der Waals surface area (Å²) in [6.07, 6.45) is 5.10. The highest BCUT2D eigenvalue weighted by molar-refractivity contribution is 7.10. The van der Waals surface area contributed by atoms with Crippen LogP contribution in [0.15, 0.2) is 35.8 Å². The van der Waals surface area contributed by atoms with Crippen molar-refractivity contribution in [3.8, 4) is 22.5 Å². The van der Waals surface area contributed by atoms with Gasteiger partial charge in [-0.25, -0.2) is 10.4 Å². The highest BCUT2D eigenvalue weighted by Gasteiger charge is 2.50. The van der Waals surface area contributed by atoms with Gasteiger partial charge in [-0.3, -0.25) is 34.1 Å². The molecule has 72 heavy (non-hydrogen) atoms. The van der Waals surface area contributed by atoms with E-state index in [1.165, 1.54) is 29.2 Å². The van der Waals surface area contributed by atoms with E-state index in [0.29, 0.717) is 75.4 Å². The topological polar surface area (TPSA) is 173 Å². The van der Waals surface area contributed by atoms with E-state index in [0.717, 1.165) is 70.8 Å². The number of aromatic nitrogens is 3. The third-order valence-electron chi connectivity index (χ3n) is 16.1. The molecule has 7 heterocycles. The molecule has 2 aliphatic carbocycles. The molecule has 7 atom stereocenters. The van der Waals surface area contributed by atoms with Crippen molar-refractivity contribution in [3.63, 3.8) is 0 Å². The van der Waals surface area contributed by atoms with Crippen LogP contribution in [0.5, 0.6) is 0 Å². The highest BCUT2D eigenvalue weighted by atomic mass is 32.1. The zero-order valence-electron chi connectivity index (χ0n) is 43.1. The molecule has 6 aliphatic rings. The standard InChI is InChI=1S/C54H73N9O8S/c1-8-70-49-47(57-50(65)45-32(2)33(45)3)52(66)63-16-9-10-41(58-63)53(67)71-31-54(5,6)28-40-38-26-35(42-30-72-51(49)56-42)11-14-43(38)62(17-15-44(64)61-22-24-69-25-23-61)48(40)39-27-37(29-55-46(39)34(4)68-7)60-20-18-59(19-21-60)36-12-13-36/h11,14,26-27,29-30,32-34,36,41,45,47,49,58H,8-10,12-13,15-25,28,31H2,1-7H3,(H,57,65)/t32-,33+,34-,41-,45?,47-,49-/m0/s1. The lowest BCUT2D eigenvalue weighted by Gasteiger charge is -2.37. The van der Waals surface area contributed by atoms with E-state index < -0.39 is 35.5 Å². The molecule has 4 aromatic rings. The largest absolute Gasteiger partial charge is 0.464 e. The molecule has 5 fully saturated rings. The number of thiazole rings is 1. The van der Waals surface area contributed by atoms with Crippen LogP contribution in [0, 0.1) is 23.2 Å². The van der Waals surface area contributed by atoms with E-state index in [-0.39, 0.29) is 55.3 Å². The van der Waals surface area contributed by atoms with Gasteiger partial charge in [0.05, 0.1) is 54.9 Å². The number of hydrazine groups is 1. The second kappa shape index (κ2) is 21.1. The Bertz CT molecular complexity index is 2640. The molecular formula is C54H73N9O8S. The Balaban J connectivity index is 1.13. The van der Waals surface area contributed by atoms with Crippen LogP contribution in [0.2, 0.25) is 0 Å². The number of amides is 3. The Hall–Kier alpha value is -4.98. The number of carbonyl (C=O) groups excluding carboxylic acids is 4. The number of benzene rings is 1. The number of anilines is 1. The van der Waals surface area contributed by atoms with Gasteiger partial charge in [-0.2, -0.15) is 0 Å². The zero-order valence-corrected chi connectivity index (χ0v) is 43.9. The Morgan fingerprint density at radius 2 is 1.78 bits per heavy atom. The molecule has 1 aromatic carbocycles. The molecule has 0 spiro atoms. The van der Waals surface area contributed by atoms with Crippen LogP contribution in [0.3, 0.4) is 0 Å². The van der Waals surface area contributed by atoms with E-state index in [9.17, 15) is 19.2 Å². The highest BCUT2D eigenvalue weighted by Crippen LogP contribution is 2.47. The Labute approximate surface area is 427 Å². The first-order valence-electron chi connectivity index (χ1n) is 26.4. The number of cyclic esters (lactones) is 1. The van der Waals surface area contributed by atoms with Crippen molar-refractivity contribution in [2.24, 2.45) is 23.2 Å². The van der Waals surface area contributed by atoms with E-state index in [1.54, 1.807) is 7.11 Å². The first kappa shape index (κ1) is 50.5.